The third-order valence-corrected chi connectivity index (χ3v) is 2.92. The number of aromatic nitrogens is 2. The Kier molecular flexibility index (Phi) is 4.06. The Balaban J connectivity index is 2.18. The highest BCUT2D eigenvalue weighted by Gasteiger charge is 2.17. The Hall–Kier alpha value is -2.01. The molecule has 0 bridgehead atoms. The fraction of sp³-hybridized carbons (Fsp3) is 0.231. The SMILES string of the molecule is COc1ccc(Cl)cc1C(=O)NC(C)c1ncc[nH]1. The molecule has 0 radical (unpaired) electrons. The monoisotopic (exact) mass is 279 g/mol. The summed E-state index contributed by atoms with van der Waals surface area (Å²) in [6.45, 7) is 1.84. The van der Waals surface area contributed by atoms with Crippen molar-refractivity contribution in [1.29, 1.82) is 0 Å². The second-order valence-electron chi connectivity index (χ2n) is 4.01. The number of methoxy groups -OCH3 is 1. The number of carbonyl (C=O) groups excluding carboxylic acids is 1. The number of hydrogen-bond acceptors (Lipinski definition) is 3. The molecule has 2 rings (SSSR count). The Morgan fingerprint density at radius 3 is 2.95 bits per heavy atom. The van der Waals surface area contributed by atoms with Crippen LogP contribution in [0.4, 0.5) is 0 Å². The molecule has 2 N–H and O–H groups in total. The quantitative estimate of drug-likeness (QED) is 0.904. The Labute approximate surface area is 116 Å². The highest BCUT2D eigenvalue weighted by molar-refractivity contribution is 6.31. The van der Waals surface area contributed by atoms with Gasteiger partial charge in [-0.2, -0.15) is 0 Å². The molecule has 1 aromatic carbocycles. The van der Waals surface area contributed by atoms with Crippen molar-refractivity contribution in [3.05, 3.63) is 47.0 Å². The molecule has 1 heterocycles. The van der Waals surface area contributed by atoms with E-state index in [0.29, 0.717) is 22.2 Å². The minimum absolute atomic E-state index is 0.230. The van der Waals surface area contributed by atoms with Crippen LogP contribution in [-0.4, -0.2) is 23.0 Å². The van der Waals surface area contributed by atoms with E-state index in [1.807, 2.05) is 6.92 Å². The number of nitrogens with one attached hydrogen (secondary N) is 2. The number of H-pyrrole nitrogens is 1. The van der Waals surface area contributed by atoms with Crippen molar-refractivity contribution in [3.63, 3.8) is 0 Å². The van der Waals surface area contributed by atoms with Gasteiger partial charge in [0.05, 0.1) is 18.7 Å². The lowest BCUT2D eigenvalue weighted by molar-refractivity contribution is 0.0935. The van der Waals surface area contributed by atoms with Crippen LogP contribution in [0.2, 0.25) is 5.02 Å². The maximum Gasteiger partial charge on any atom is 0.255 e. The molecule has 0 spiro atoms. The minimum atomic E-state index is -0.261. The molecule has 0 fully saturated rings. The van der Waals surface area contributed by atoms with Crippen molar-refractivity contribution in [3.8, 4) is 5.75 Å². The smallest absolute Gasteiger partial charge is 0.255 e. The van der Waals surface area contributed by atoms with Gasteiger partial charge in [0.1, 0.15) is 11.6 Å². The maximum absolute atomic E-state index is 12.2. The summed E-state index contributed by atoms with van der Waals surface area (Å²) in [5.41, 5.74) is 0.397. The largest absolute Gasteiger partial charge is 0.496 e. The minimum Gasteiger partial charge on any atom is -0.496 e. The third-order valence-electron chi connectivity index (χ3n) is 2.68. The van der Waals surface area contributed by atoms with Crippen molar-refractivity contribution in [2.24, 2.45) is 0 Å². The molecule has 5 nitrogen and oxygen atoms in total. The van der Waals surface area contributed by atoms with Crippen molar-refractivity contribution >= 4 is 17.5 Å². The third kappa shape index (κ3) is 3.06. The average Bonchev–Trinajstić information content (AvgIpc) is 2.92. The molecule has 1 amide bonds. The summed E-state index contributed by atoms with van der Waals surface area (Å²) in [6.07, 6.45) is 3.34. The number of benzene rings is 1. The van der Waals surface area contributed by atoms with Crippen molar-refractivity contribution < 1.29 is 9.53 Å². The van der Waals surface area contributed by atoms with E-state index in [1.54, 1.807) is 30.6 Å². The number of hydrogen-bond donors (Lipinski definition) is 2. The van der Waals surface area contributed by atoms with Gasteiger partial charge >= 0.3 is 0 Å². The zero-order valence-electron chi connectivity index (χ0n) is 10.6. The van der Waals surface area contributed by atoms with E-state index >= 15 is 0 Å². The number of amides is 1. The molecule has 1 atom stereocenters. The second kappa shape index (κ2) is 5.75. The fourth-order valence-electron chi connectivity index (χ4n) is 1.71. The first kappa shape index (κ1) is 13.4. The van der Waals surface area contributed by atoms with Crippen molar-refractivity contribution in [1.82, 2.24) is 15.3 Å². The lowest BCUT2D eigenvalue weighted by Gasteiger charge is -2.13. The van der Waals surface area contributed by atoms with Crippen LogP contribution >= 0.6 is 11.6 Å². The predicted octanol–water partition coefficient (Wildman–Crippen LogP) is 2.56. The summed E-state index contributed by atoms with van der Waals surface area (Å²) >= 11 is 5.90. The van der Waals surface area contributed by atoms with E-state index in [4.69, 9.17) is 16.3 Å². The van der Waals surface area contributed by atoms with Gasteiger partial charge in [-0.3, -0.25) is 4.79 Å². The number of imidazole rings is 1. The van der Waals surface area contributed by atoms with Gasteiger partial charge in [0.15, 0.2) is 0 Å². The molecule has 1 aromatic heterocycles. The van der Waals surface area contributed by atoms with Gasteiger partial charge in [-0.25, -0.2) is 4.98 Å². The van der Waals surface area contributed by atoms with Gasteiger partial charge in [-0.15, -0.1) is 0 Å². The van der Waals surface area contributed by atoms with Crippen LogP contribution in [0.25, 0.3) is 0 Å². The molecule has 0 saturated carbocycles. The molecule has 6 heteroatoms. The van der Waals surface area contributed by atoms with E-state index in [9.17, 15) is 4.79 Å². The summed E-state index contributed by atoms with van der Waals surface area (Å²) in [6, 6.07) is 4.68. The molecular formula is C13H14ClN3O2. The van der Waals surface area contributed by atoms with Gasteiger partial charge in [-0.1, -0.05) is 11.6 Å². The van der Waals surface area contributed by atoms with Gasteiger partial charge in [-0.05, 0) is 25.1 Å². The summed E-state index contributed by atoms with van der Waals surface area (Å²) in [5.74, 6) is 0.908. The number of halogens is 1. The van der Waals surface area contributed by atoms with E-state index in [-0.39, 0.29) is 11.9 Å². The standard InChI is InChI=1S/C13H14ClN3O2/c1-8(12-15-5-6-16-12)17-13(18)10-7-9(14)3-4-11(10)19-2/h3-8H,1-2H3,(H,15,16)(H,17,18). The topological polar surface area (TPSA) is 67.0 Å². The van der Waals surface area contributed by atoms with Crippen LogP contribution in [0.5, 0.6) is 5.75 Å². The fourth-order valence-corrected chi connectivity index (χ4v) is 1.89. The van der Waals surface area contributed by atoms with E-state index in [0.717, 1.165) is 0 Å². The second-order valence-corrected chi connectivity index (χ2v) is 4.45. The molecule has 1 unspecified atom stereocenters. The number of nitrogens with zero attached hydrogens (tertiary/aromatic N) is 1. The number of ether oxygens (including phenoxy) is 1. The number of aromatic amines is 1. The molecular weight excluding hydrogens is 266 g/mol. The van der Waals surface area contributed by atoms with Crippen LogP contribution in [0.1, 0.15) is 29.1 Å². The average molecular weight is 280 g/mol. The van der Waals surface area contributed by atoms with Crippen LogP contribution < -0.4 is 10.1 Å². The zero-order chi connectivity index (χ0) is 13.8. The van der Waals surface area contributed by atoms with E-state index in [1.165, 1.54) is 7.11 Å². The highest BCUT2D eigenvalue weighted by atomic mass is 35.5. The van der Waals surface area contributed by atoms with E-state index in [2.05, 4.69) is 15.3 Å². The predicted molar refractivity (Wildman–Crippen MR) is 72.5 cm³/mol. The summed E-state index contributed by atoms with van der Waals surface area (Å²) < 4.78 is 5.15. The molecule has 0 aliphatic carbocycles. The first-order valence-corrected chi connectivity index (χ1v) is 6.13. The molecule has 0 aliphatic heterocycles. The Morgan fingerprint density at radius 1 is 1.53 bits per heavy atom. The molecule has 19 heavy (non-hydrogen) atoms. The van der Waals surface area contributed by atoms with Crippen LogP contribution in [0, 0.1) is 0 Å². The van der Waals surface area contributed by atoms with Crippen LogP contribution in [-0.2, 0) is 0 Å². The summed E-state index contributed by atoms with van der Waals surface area (Å²) in [5, 5.41) is 3.31. The number of carbonyl (C=O) groups is 1. The van der Waals surface area contributed by atoms with Crippen LogP contribution in [0.15, 0.2) is 30.6 Å². The van der Waals surface area contributed by atoms with Crippen LogP contribution in [0.3, 0.4) is 0 Å². The summed E-state index contributed by atoms with van der Waals surface area (Å²) in [7, 11) is 1.51. The van der Waals surface area contributed by atoms with Crippen molar-refractivity contribution in [2.75, 3.05) is 7.11 Å². The highest BCUT2D eigenvalue weighted by Crippen LogP contribution is 2.23. The first-order chi connectivity index (χ1) is 9.11. The molecule has 2 aromatic rings. The van der Waals surface area contributed by atoms with Gasteiger partial charge in [0, 0.05) is 17.4 Å². The Morgan fingerprint density at radius 2 is 2.32 bits per heavy atom. The number of rotatable bonds is 4. The lowest BCUT2D eigenvalue weighted by Crippen LogP contribution is -2.27. The van der Waals surface area contributed by atoms with Gasteiger partial charge < -0.3 is 15.0 Å². The summed E-state index contributed by atoms with van der Waals surface area (Å²) in [4.78, 5) is 19.2. The van der Waals surface area contributed by atoms with Gasteiger partial charge in [0.25, 0.3) is 5.91 Å². The normalized spacial score (nSPS) is 11.9. The Bertz CT molecular complexity index is 569. The maximum atomic E-state index is 12.2. The van der Waals surface area contributed by atoms with Gasteiger partial charge in [0.2, 0.25) is 0 Å². The zero-order valence-corrected chi connectivity index (χ0v) is 11.4. The molecule has 0 saturated heterocycles. The molecule has 0 aliphatic rings. The van der Waals surface area contributed by atoms with E-state index < -0.39 is 0 Å². The molecule has 100 valence electrons. The van der Waals surface area contributed by atoms with Crippen molar-refractivity contribution in [2.45, 2.75) is 13.0 Å². The first-order valence-electron chi connectivity index (χ1n) is 5.75. The lowest BCUT2D eigenvalue weighted by atomic mass is 10.1.